The van der Waals surface area contributed by atoms with Gasteiger partial charge in [-0.05, 0) is 18.6 Å². The minimum Gasteiger partial charge on any atom is -0.398 e. The van der Waals surface area contributed by atoms with Crippen molar-refractivity contribution in [3.8, 4) is 0 Å². The molecule has 1 aromatic rings. The molecule has 0 saturated heterocycles. The van der Waals surface area contributed by atoms with Crippen molar-refractivity contribution < 1.29 is 14.4 Å². The normalized spacial score (nSPS) is 15.4. The van der Waals surface area contributed by atoms with Gasteiger partial charge in [-0.15, -0.1) is 0 Å². The lowest BCUT2D eigenvalue weighted by atomic mass is 10.0. The predicted molar refractivity (Wildman–Crippen MR) is 73.8 cm³/mol. The van der Waals surface area contributed by atoms with Crippen LogP contribution in [0.3, 0.4) is 0 Å². The van der Waals surface area contributed by atoms with Gasteiger partial charge in [-0.3, -0.25) is 14.4 Å². The van der Waals surface area contributed by atoms with Crippen LogP contribution >= 0.6 is 0 Å². The molecule has 1 unspecified atom stereocenters. The number of carbonyl (C=O) groups is 3. The molecule has 20 heavy (non-hydrogen) atoms. The summed E-state index contributed by atoms with van der Waals surface area (Å²) in [5, 5.41) is 0. The van der Waals surface area contributed by atoms with Gasteiger partial charge in [0.1, 0.15) is 0 Å². The van der Waals surface area contributed by atoms with Gasteiger partial charge in [0, 0.05) is 12.2 Å². The highest BCUT2D eigenvalue weighted by Crippen LogP contribution is 2.29. The lowest BCUT2D eigenvalue weighted by Crippen LogP contribution is -2.42. The predicted octanol–water partition coefficient (Wildman–Crippen LogP) is 0.766. The zero-order valence-corrected chi connectivity index (χ0v) is 11.3. The number of anilines is 1. The van der Waals surface area contributed by atoms with Crippen molar-refractivity contribution in [2.45, 2.75) is 19.8 Å². The average Bonchev–Trinajstić information content (AvgIpc) is 2.68. The average molecular weight is 275 g/mol. The molecular formula is C14H17N3O3. The molecule has 1 aliphatic heterocycles. The van der Waals surface area contributed by atoms with E-state index >= 15 is 0 Å². The van der Waals surface area contributed by atoms with Gasteiger partial charge in [-0.2, -0.15) is 0 Å². The fourth-order valence-corrected chi connectivity index (χ4v) is 2.38. The Morgan fingerprint density at radius 2 is 2.00 bits per heavy atom. The number of nitrogens with zero attached hydrogens (tertiary/aromatic N) is 1. The first-order valence-corrected chi connectivity index (χ1v) is 6.54. The third-order valence-electron chi connectivity index (χ3n) is 3.44. The highest BCUT2D eigenvalue weighted by atomic mass is 16.2. The number of fused-ring (bicyclic) bond motifs is 1. The third kappa shape index (κ3) is 2.08. The summed E-state index contributed by atoms with van der Waals surface area (Å²) in [7, 11) is 0. The van der Waals surface area contributed by atoms with E-state index in [-0.39, 0.29) is 23.4 Å². The van der Waals surface area contributed by atoms with Crippen molar-refractivity contribution in [2.24, 2.45) is 11.7 Å². The molecule has 6 nitrogen and oxygen atoms in total. The van der Waals surface area contributed by atoms with E-state index in [1.54, 1.807) is 6.07 Å². The van der Waals surface area contributed by atoms with Crippen molar-refractivity contribution in [3.63, 3.8) is 0 Å². The minimum absolute atomic E-state index is 0.107. The fourth-order valence-electron chi connectivity index (χ4n) is 2.38. The molecule has 0 aromatic heterocycles. The Morgan fingerprint density at radius 1 is 1.30 bits per heavy atom. The Kier molecular flexibility index (Phi) is 3.85. The smallest absolute Gasteiger partial charge is 0.270 e. The van der Waals surface area contributed by atoms with E-state index in [1.807, 2.05) is 6.92 Å². The first-order valence-electron chi connectivity index (χ1n) is 6.54. The Bertz CT molecular complexity index is 583. The summed E-state index contributed by atoms with van der Waals surface area (Å²) in [6, 6.07) is 4.61. The van der Waals surface area contributed by atoms with E-state index in [0.717, 1.165) is 6.42 Å². The number of imide groups is 3. The van der Waals surface area contributed by atoms with E-state index in [1.165, 1.54) is 12.1 Å². The quantitative estimate of drug-likeness (QED) is 0.623. The monoisotopic (exact) mass is 275 g/mol. The molecule has 1 aromatic carbocycles. The van der Waals surface area contributed by atoms with Gasteiger partial charge in [0.2, 0.25) is 5.91 Å². The van der Waals surface area contributed by atoms with E-state index < -0.39 is 23.6 Å². The van der Waals surface area contributed by atoms with Crippen molar-refractivity contribution in [1.29, 1.82) is 0 Å². The van der Waals surface area contributed by atoms with Crippen LogP contribution in [0.4, 0.5) is 5.69 Å². The van der Waals surface area contributed by atoms with Crippen LogP contribution in [-0.4, -0.2) is 29.2 Å². The molecule has 1 heterocycles. The molecule has 3 amide bonds. The molecule has 6 heteroatoms. The summed E-state index contributed by atoms with van der Waals surface area (Å²) in [5.74, 6) is -2.33. The molecule has 4 N–H and O–H groups in total. The number of hydrogen-bond acceptors (Lipinski definition) is 5. The van der Waals surface area contributed by atoms with Crippen LogP contribution in [0.15, 0.2) is 18.2 Å². The molecule has 0 saturated carbocycles. The molecule has 2 rings (SSSR count). The Hall–Kier alpha value is -2.21. The topological polar surface area (TPSA) is 106 Å². The Balaban J connectivity index is 2.37. The van der Waals surface area contributed by atoms with Gasteiger partial charge in [0.05, 0.1) is 17.0 Å². The molecule has 0 fully saturated rings. The third-order valence-corrected chi connectivity index (χ3v) is 3.44. The van der Waals surface area contributed by atoms with E-state index in [9.17, 15) is 14.4 Å². The van der Waals surface area contributed by atoms with E-state index in [2.05, 4.69) is 0 Å². The van der Waals surface area contributed by atoms with Gasteiger partial charge < -0.3 is 11.5 Å². The molecule has 106 valence electrons. The molecule has 1 atom stereocenters. The van der Waals surface area contributed by atoms with Crippen molar-refractivity contribution in [3.05, 3.63) is 29.3 Å². The fraction of sp³-hybridized carbons (Fsp3) is 0.357. The van der Waals surface area contributed by atoms with Gasteiger partial charge >= 0.3 is 0 Å². The number of amides is 3. The van der Waals surface area contributed by atoms with Crippen molar-refractivity contribution >= 4 is 23.4 Å². The van der Waals surface area contributed by atoms with Crippen LogP contribution in [0.5, 0.6) is 0 Å². The second kappa shape index (κ2) is 5.42. The largest absolute Gasteiger partial charge is 0.398 e. The van der Waals surface area contributed by atoms with Crippen LogP contribution in [0, 0.1) is 5.92 Å². The number of benzene rings is 1. The van der Waals surface area contributed by atoms with Crippen LogP contribution < -0.4 is 11.5 Å². The second-order valence-corrected chi connectivity index (χ2v) is 4.78. The maximum Gasteiger partial charge on any atom is 0.270 e. The Morgan fingerprint density at radius 3 is 2.55 bits per heavy atom. The molecule has 0 radical (unpaired) electrons. The first kappa shape index (κ1) is 14.2. The summed E-state index contributed by atoms with van der Waals surface area (Å²) in [4.78, 5) is 37.5. The lowest BCUT2D eigenvalue weighted by Gasteiger charge is -2.18. The number of hydrogen-bond donors (Lipinski definition) is 2. The summed E-state index contributed by atoms with van der Waals surface area (Å²) in [6.07, 6.45) is 1.29. The van der Waals surface area contributed by atoms with Crippen LogP contribution in [0.25, 0.3) is 0 Å². The van der Waals surface area contributed by atoms with Crippen LogP contribution in [0.1, 0.15) is 40.5 Å². The summed E-state index contributed by atoms with van der Waals surface area (Å²) in [6.45, 7) is 2.02. The maximum atomic E-state index is 12.3. The summed E-state index contributed by atoms with van der Waals surface area (Å²) >= 11 is 0. The van der Waals surface area contributed by atoms with Gasteiger partial charge in [0.15, 0.2) is 0 Å². The standard InChI is InChI=1S/C14H17N3O3/c1-2-4-8(7-15)12(18)17-13(19)9-5-3-6-10(16)11(9)14(17)20/h3,5-6,8H,2,4,7,15-16H2,1H3. The highest BCUT2D eigenvalue weighted by molar-refractivity contribution is 6.30. The molecule has 0 bridgehead atoms. The number of carbonyl (C=O) groups excluding carboxylic acids is 3. The van der Waals surface area contributed by atoms with Crippen LogP contribution in [0.2, 0.25) is 0 Å². The first-order chi connectivity index (χ1) is 9.52. The Labute approximate surface area is 116 Å². The molecular weight excluding hydrogens is 258 g/mol. The SMILES string of the molecule is CCCC(CN)C(=O)N1C(=O)c2cccc(N)c2C1=O. The lowest BCUT2D eigenvalue weighted by molar-refractivity contribution is -0.130. The zero-order valence-electron chi connectivity index (χ0n) is 11.3. The van der Waals surface area contributed by atoms with E-state index in [0.29, 0.717) is 11.3 Å². The summed E-state index contributed by atoms with van der Waals surface area (Å²) < 4.78 is 0. The number of nitrogen functional groups attached to an aromatic ring is 1. The molecule has 0 aliphatic carbocycles. The molecule has 1 aliphatic rings. The minimum atomic E-state index is -0.650. The second-order valence-electron chi connectivity index (χ2n) is 4.78. The van der Waals surface area contributed by atoms with Gasteiger partial charge in [0.25, 0.3) is 11.8 Å². The number of rotatable bonds is 4. The van der Waals surface area contributed by atoms with Gasteiger partial charge in [-0.1, -0.05) is 19.4 Å². The van der Waals surface area contributed by atoms with Gasteiger partial charge in [-0.25, -0.2) is 4.90 Å². The van der Waals surface area contributed by atoms with Crippen molar-refractivity contribution in [2.75, 3.05) is 12.3 Å². The maximum absolute atomic E-state index is 12.3. The summed E-state index contributed by atoms with van der Waals surface area (Å²) in [5.41, 5.74) is 11.8. The number of nitrogens with two attached hydrogens (primary N) is 2. The molecule has 0 spiro atoms. The highest BCUT2D eigenvalue weighted by Gasteiger charge is 2.42. The van der Waals surface area contributed by atoms with E-state index in [4.69, 9.17) is 11.5 Å². The zero-order chi connectivity index (χ0) is 14.9. The van der Waals surface area contributed by atoms with Crippen molar-refractivity contribution in [1.82, 2.24) is 4.90 Å². The van der Waals surface area contributed by atoms with Crippen LogP contribution in [-0.2, 0) is 4.79 Å².